The van der Waals surface area contributed by atoms with Crippen LogP contribution in [0.2, 0.25) is 0 Å². The normalized spacial score (nSPS) is 10.2. The molecule has 3 aromatic rings. The van der Waals surface area contributed by atoms with Crippen LogP contribution < -0.4 is 4.74 Å². The highest BCUT2D eigenvalue weighted by molar-refractivity contribution is 9.10. The molecule has 2 nitrogen and oxygen atoms in total. The van der Waals surface area contributed by atoms with Gasteiger partial charge in [-0.05, 0) is 88.8 Å². The van der Waals surface area contributed by atoms with E-state index < -0.39 is 0 Å². The van der Waals surface area contributed by atoms with Gasteiger partial charge in [-0.2, -0.15) is 0 Å². The summed E-state index contributed by atoms with van der Waals surface area (Å²) in [5.74, 6) is 6.46. The maximum Gasteiger partial charge on any atom is 0.343 e. The van der Waals surface area contributed by atoms with E-state index in [2.05, 4.69) is 65.9 Å². The van der Waals surface area contributed by atoms with Crippen LogP contribution in [-0.4, -0.2) is 5.97 Å². The third-order valence-electron chi connectivity index (χ3n) is 4.86. The fourth-order valence-electron chi connectivity index (χ4n) is 2.98. The van der Waals surface area contributed by atoms with Crippen molar-refractivity contribution in [2.75, 3.05) is 0 Å². The van der Waals surface area contributed by atoms with Gasteiger partial charge in [-0.1, -0.05) is 56.4 Å². The zero-order chi connectivity index (χ0) is 21.3. The number of hydrogen-bond donors (Lipinski definition) is 0. The molecule has 0 fully saturated rings. The highest BCUT2D eigenvalue weighted by atomic mass is 79.9. The molecule has 0 saturated carbocycles. The van der Waals surface area contributed by atoms with Gasteiger partial charge in [0.25, 0.3) is 0 Å². The number of benzene rings is 3. The molecule has 152 valence electrons. The Morgan fingerprint density at radius 3 is 2.13 bits per heavy atom. The summed E-state index contributed by atoms with van der Waals surface area (Å²) in [6.45, 7) is 4.28. The molecule has 0 spiro atoms. The molecule has 30 heavy (non-hydrogen) atoms. The molecule has 0 unspecified atom stereocenters. The lowest BCUT2D eigenvalue weighted by atomic mass is 10.1. The maximum atomic E-state index is 12.4. The van der Waals surface area contributed by atoms with Gasteiger partial charge in [-0.15, -0.1) is 0 Å². The van der Waals surface area contributed by atoms with Gasteiger partial charge in [0.05, 0.1) is 10.0 Å². The minimum Gasteiger partial charge on any atom is -0.422 e. The average Bonchev–Trinajstić information content (AvgIpc) is 2.78. The van der Waals surface area contributed by atoms with E-state index in [4.69, 9.17) is 4.74 Å². The molecule has 0 N–H and O–H groups in total. The van der Waals surface area contributed by atoms with Crippen molar-refractivity contribution in [3.63, 3.8) is 0 Å². The highest BCUT2D eigenvalue weighted by Crippen LogP contribution is 2.26. The summed E-state index contributed by atoms with van der Waals surface area (Å²) in [7, 11) is 0. The van der Waals surface area contributed by atoms with Crippen LogP contribution in [0.15, 0.2) is 71.2 Å². The second-order valence-electron chi connectivity index (χ2n) is 7.14. The van der Waals surface area contributed by atoms with E-state index in [1.165, 1.54) is 24.0 Å². The quantitative estimate of drug-likeness (QED) is 0.225. The molecule has 0 heterocycles. The molecule has 0 aliphatic rings. The van der Waals surface area contributed by atoms with E-state index in [1.807, 2.05) is 24.3 Å². The molecule has 0 saturated heterocycles. The summed E-state index contributed by atoms with van der Waals surface area (Å²) >= 11 is 3.49. The fourth-order valence-corrected chi connectivity index (χ4v) is 3.44. The Morgan fingerprint density at radius 2 is 1.50 bits per heavy atom. The SMILES string of the molecule is CCCCc1ccc(C#Cc2ccc(OC(=O)c3ccc(CC)cc3)c(Br)c2)cc1. The second kappa shape index (κ2) is 10.8. The molecule has 3 rings (SSSR count). The fraction of sp³-hybridized carbons (Fsp3) is 0.222. The van der Waals surface area contributed by atoms with Crippen LogP contribution in [0.3, 0.4) is 0 Å². The number of rotatable bonds is 6. The van der Waals surface area contributed by atoms with Crippen molar-refractivity contribution in [3.05, 3.63) is 99.0 Å². The van der Waals surface area contributed by atoms with Crippen molar-refractivity contribution in [3.8, 4) is 17.6 Å². The largest absolute Gasteiger partial charge is 0.422 e. The van der Waals surface area contributed by atoms with Crippen LogP contribution in [0.1, 0.15) is 59.3 Å². The Labute approximate surface area is 187 Å². The van der Waals surface area contributed by atoms with Crippen molar-refractivity contribution < 1.29 is 9.53 Å². The van der Waals surface area contributed by atoms with Crippen molar-refractivity contribution in [2.24, 2.45) is 0 Å². The minimum absolute atomic E-state index is 0.375. The average molecular weight is 461 g/mol. The van der Waals surface area contributed by atoms with Gasteiger partial charge in [0.1, 0.15) is 5.75 Å². The number of esters is 1. The molecule has 0 aliphatic heterocycles. The number of hydrogen-bond acceptors (Lipinski definition) is 2. The van der Waals surface area contributed by atoms with Crippen molar-refractivity contribution in [2.45, 2.75) is 39.5 Å². The van der Waals surface area contributed by atoms with Crippen LogP contribution in [0.4, 0.5) is 0 Å². The molecule has 0 bridgehead atoms. The zero-order valence-electron chi connectivity index (χ0n) is 17.4. The predicted molar refractivity (Wildman–Crippen MR) is 126 cm³/mol. The maximum absolute atomic E-state index is 12.4. The smallest absolute Gasteiger partial charge is 0.343 e. The monoisotopic (exact) mass is 460 g/mol. The Balaban J connectivity index is 1.66. The molecular formula is C27H25BrO2. The van der Waals surface area contributed by atoms with E-state index in [0.717, 1.165) is 24.0 Å². The standard InChI is InChI=1S/C27H25BrO2/c1-3-5-6-21-7-9-22(10-8-21)11-12-23-15-18-26(25(28)19-23)30-27(29)24-16-13-20(4-2)14-17-24/h7-10,13-19H,3-6H2,1-2H3. The molecule has 0 amide bonds. The molecule has 3 heteroatoms. The second-order valence-corrected chi connectivity index (χ2v) is 7.99. The summed E-state index contributed by atoms with van der Waals surface area (Å²) in [5, 5.41) is 0. The molecule has 3 aromatic carbocycles. The Morgan fingerprint density at radius 1 is 0.867 bits per heavy atom. The molecule has 0 aliphatic carbocycles. The van der Waals surface area contributed by atoms with Gasteiger partial charge in [0.2, 0.25) is 0 Å². The lowest BCUT2D eigenvalue weighted by molar-refractivity contribution is 0.0733. The third kappa shape index (κ3) is 6.08. The van der Waals surface area contributed by atoms with Gasteiger partial charge in [-0.3, -0.25) is 0 Å². The predicted octanol–water partition coefficient (Wildman–Crippen LogP) is 6.97. The summed E-state index contributed by atoms with van der Waals surface area (Å²) in [6, 6.07) is 21.4. The van der Waals surface area contributed by atoms with E-state index in [0.29, 0.717) is 15.8 Å². The lowest BCUT2D eigenvalue weighted by Crippen LogP contribution is -2.08. The van der Waals surface area contributed by atoms with Crippen LogP contribution in [0.25, 0.3) is 0 Å². The highest BCUT2D eigenvalue weighted by Gasteiger charge is 2.11. The summed E-state index contributed by atoms with van der Waals surface area (Å²) in [4.78, 5) is 12.4. The van der Waals surface area contributed by atoms with Gasteiger partial charge in [0.15, 0.2) is 0 Å². The first-order valence-corrected chi connectivity index (χ1v) is 11.1. The number of halogens is 1. The summed E-state index contributed by atoms with van der Waals surface area (Å²) in [6.07, 6.45) is 4.46. The van der Waals surface area contributed by atoms with Crippen molar-refractivity contribution in [1.29, 1.82) is 0 Å². The Bertz CT molecular complexity index is 1050. The van der Waals surface area contributed by atoms with E-state index in [-0.39, 0.29) is 5.97 Å². The first kappa shape index (κ1) is 21.9. The van der Waals surface area contributed by atoms with Gasteiger partial charge in [-0.25, -0.2) is 4.79 Å². The van der Waals surface area contributed by atoms with Crippen LogP contribution in [0.5, 0.6) is 5.75 Å². The van der Waals surface area contributed by atoms with E-state index >= 15 is 0 Å². The molecule has 0 radical (unpaired) electrons. The van der Waals surface area contributed by atoms with Gasteiger partial charge in [0, 0.05) is 11.1 Å². The van der Waals surface area contributed by atoms with Gasteiger partial charge < -0.3 is 4.74 Å². The lowest BCUT2D eigenvalue weighted by Gasteiger charge is -2.07. The van der Waals surface area contributed by atoms with Crippen LogP contribution in [0, 0.1) is 11.8 Å². The molecule has 0 aromatic heterocycles. The van der Waals surface area contributed by atoms with Crippen molar-refractivity contribution >= 4 is 21.9 Å². The molecular weight excluding hydrogens is 436 g/mol. The number of ether oxygens (including phenoxy) is 1. The summed E-state index contributed by atoms with van der Waals surface area (Å²) < 4.78 is 6.23. The first-order chi connectivity index (χ1) is 14.6. The van der Waals surface area contributed by atoms with Crippen molar-refractivity contribution in [1.82, 2.24) is 0 Å². The topological polar surface area (TPSA) is 26.3 Å². The Kier molecular flexibility index (Phi) is 7.88. The van der Waals surface area contributed by atoms with Crippen LogP contribution in [-0.2, 0) is 12.8 Å². The number of carbonyl (C=O) groups is 1. The first-order valence-electron chi connectivity index (χ1n) is 10.3. The molecule has 0 atom stereocenters. The minimum atomic E-state index is -0.375. The van der Waals surface area contributed by atoms with Gasteiger partial charge >= 0.3 is 5.97 Å². The summed E-state index contributed by atoms with van der Waals surface area (Å²) in [5.41, 5.74) is 4.90. The zero-order valence-corrected chi connectivity index (χ0v) is 19.0. The van der Waals surface area contributed by atoms with E-state index in [9.17, 15) is 4.79 Å². The number of carbonyl (C=O) groups excluding carboxylic acids is 1. The van der Waals surface area contributed by atoms with Crippen LogP contribution >= 0.6 is 15.9 Å². The Hall–Kier alpha value is -2.83. The number of unbranched alkanes of at least 4 members (excludes halogenated alkanes) is 1. The number of aryl methyl sites for hydroxylation is 2. The third-order valence-corrected chi connectivity index (χ3v) is 5.48. The van der Waals surface area contributed by atoms with E-state index in [1.54, 1.807) is 18.2 Å².